The number of halogens is 1. The van der Waals surface area contributed by atoms with Crippen molar-refractivity contribution in [2.24, 2.45) is 0 Å². The Bertz CT molecular complexity index is 2260. The first-order chi connectivity index (χ1) is 22.3. The summed E-state index contributed by atoms with van der Waals surface area (Å²) in [5.41, 5.74) is 3.82. The van der Waals surface area contributed by atoms with Crippen molar-refractivity contribution in [2.45, 2.75) is 49.3 Å². The molecule has 0 amide bonds. The van der Waals surface area contributed by atoms with Gasteiger partial charge in [-0.1, -0.05) is 76.6 Å². The number of H-pyrrole nitrogens is 1. The largest absolute Gasteiger partial charge is 0.507 e. The summed E-state index contributed by atoms with van der Waals surface area (Å²) in [4.78, 5) is 17.5. The number of aromatic amines is 1. The number of benzene rings is 4. The third-order valence-electron chi connectivity index (χ3n) is 8.93. The van der Waals surface area contributed by atoms with Crippen LogP contribution in [0.3, 0.4) is 0 Å². The van der Waals surface area contributed by atoms with E-state index in [1.165, 1.54) is 0 Å². The summed E-state index contributed by atoms with van der Waals surface area (Å²) in [6.45, 7) is 0.224. The van der Waals surface area contributed by atoms with Crippen LogP contribution in [-0.2, 0) is 29.3 Å². The lowest BCUT2D eigenvalue weighted by Crippen LogP contribution is -2.25. The van der Waals surface area contributed by atoms with E-state index < -0.39 is 21.6 Å². The molecule has 0 saturated carbocycles. The van der Waals surface area contributed by atoms with Crippen molar-refractivity contribution in [1.82, 2.24) is 9.71 Å². The molecule has 7 nitrogen and oxygen atoms in total. The minimum Gasteiger partial charge on any atom is -0.507 e. The van der Waals surface area contributed by atoms with Crippen molar-refractivity contribution in [3.63, 3.8) is 0 Å². The van der Waals surface area contributed by atoms with E-state index in [0.29, 0.717) is 37.0 Å². The van der Waals surface area contributed by atoms with E-state index in [2.05, 4.69) is 25.6 Å². The van der Waals surface area contributed by atoms with E-state index in [4.69, 9.17) is 4.42 Å². The monoisotopic (exact) mass is 696 g/mol. The molecule has 1 aliphatic rings. The van der Waals surface area contributed by atoms with Crippen LogP contribution in [0.1, 0.15) is 58.9 Å². The zero-order valence-electron chi connectivity index (χ0n) is 25.1. The van der Waals surface area contributed by atoms with Crippen LogP contribution in [0, 0.1) is 0 Å². The zero-order chi connectivity index (χ0) is 31.8. The van der Waals surface area contributed by atoms with Crippen molar-refractivity contribution in [3.8, 4) is 5.75 Å². The number of para-hydroxylation sites is 1. The topological polar surface area (TPSA) is 112 Å². The van der Waals surface area contributed by atoms with Crippen LogP contribution in [0.15, 0.2) is 110 Å². The van der Waals surface area contributed by atoms with E-state index in [1.807, 2.05) is 78.9 Å². The standard InChI is InChI=1S/C37H33BrN2O5S/c38-26-12-7-11-25(21-26)33(34-36(41)30-14-4-6-17-32(30)45-37(34)42)35-29(28-13-3-5-16-31(28)40-35)15-8-20-39-46(43,44)27-19-18-23-9-1-2-10-24(23)22-27/h1-3,5,7,9-13,16,18-19,21-22,33,39-41H,4,6,8,14-15,17,20H2. The van der Waals surface area contributed by atoms with Crippen LogP contribution in [0.5, 0.6) is 5.75 Å². The number of aryl methyl sites for hydroxylation is 2. The van der Waals surface area contributed by atoms with Gasteiger partial charge >= 0.3 is 5.63 Å². The highest BCUT2D eigenvalue weighted by Crippen LogP contribution is 2.42. The first-order valence-electron chi connectivity index (χ1n) is 15.5. The highest BCUT2D eigenvalue weighted by atomic mass is 79.9. The lowest BCUT2D eigenvalue weighted by molar-refractivity contribution is 0.382. The molecule has 1 unspecified atom stereocenters. The molecular formula is C37H33BrN2O5S. The first kappa shape index (κ1) is 30.5. The summed E-state index contributed by atoms with van der Waals surface area (Å²) in [6.07, 6.45) is 4.16. The maximum atomic E-state index is 13.7. The van der Waals surface area contributed by atoms with Crippen molar-refractivity contribution in [2.75, 3.05) is 6.54 Å². The van der Waals surface area contributed by atoms with E-state index >= 15 is 0 Å². The van der Waals surface area contributed by atoms with Gasteiger partial charge in [0.05, 0.1) is 16.4 Å². The molecule has 3 N–H and O–H groups in total. The molecule has 1 aliphatic carbocycles. The Morgan fingerprint density at radius 1 is 0.913 bits per heavy atom. The van der Waals surface area contributed by atoms with Crippen LogP contribution in [-0.4, -0.2) is 25.1 Å². The lowest BCUT2D eigenvalue weighted by atomic mass is 9.84. The number of sulfonamides is 1. The second-order valence-electron chi connectivity index (χ2n) is 11.8. The average molecular weight is 698 g/mol. The normalized spacial score (nSPS) is 14.0. The van der Waals surface area contributed by atoms with Gasteiger partial charge in [-0.2, -0.15) is 0 Å². The van der Waals surface area contributed by atoms with Gasteiger partial charge in [0.1, 0.15) is 11.5 Å². The van der Waals surface area contributed by atoms with Crippen LogP contribution in [0.25, 0.3) is 21.7 Å². The predicted molar refractivity (Wildman–Crippen MR) is 184 cm³/mol. The van der Waals surface area contributed by atoms with E-state index in [9.17, 15) is 18.3 Å². The van der Waals surface area contributed by atoms with Gasteiger partial charge in [-0.05, 0) is 84.3 Å². The van der Waals surface area contributed by atoms with Crippen molar-refractivity contribution < 1.29 is 17.9 Å². The lowest BCUT2D eigenvalue weighted by Gasteiger charge is -2.23. The molecule has 9 heteroatoms. The van der Waals surface area contributed by atoms with Crippen molar-refractivity contribution >= 4 is 47.6 Å². The predicted octanol–water partition coefficient (Wildman–Crippen LogP) is 7.71. The van der Waals surface area contributed by atoms with Gasteiger partial charge in [0.2, 0.25) is 10.0 Å². The van der Waals surface area contributed by atoms with Gasteiger partial charge in [0, 0.05) is 39.6 Å². The fourth-order valence-electron chi connectivity index (χ4n) is 6.71. The Morgan fingerprint density at radius 2 is 1.70 bits per heavy atom. The minimum atomic E-state index is -3.72. The maximum Gasteiger partial charge on any atom is 0.343 e. The first-order valence-corrected chi connectivity index (χ1v) is 17.8. The molecule has 2 heterocycles. The van der Waals surface area contributed by atoms with Gasteiger partial charge in [-0.3, -0.25) is 0 Å². The minimum absolute atomic E-state index is 0.00340. The van der Waals surface area contributed by atoms with Gasteiger partial charge in [0.15, 0.2) is 0 Å². The Hall–Kier alpha value is -4.18. The Labute approximate surface area is 275 Å². The molecule has 46 heavy (non-hydrogen) atoms. The Balaban J connectivity index is 1.25. The molecule has 0 saturated heterocycles. The number of rotatable bonds is 9. The number of nitrogens with one attached hydrogen (secondary N) is 2. The smallest absolute Gasteiger partial charge is 0.343 e. The van der Waals surface area contributed by atoms with Crippen molar-refractivity contribution in [1.29, 1.82) is 0 Å². The van der Waals surface area contributed by atoms with Crippen LogP contribution in [0.2, 0.25) is 0 Å². The van der Waals surface area contributed by atoms with Crippen LogP contribution < -0.4 is 10.3 Å². The van der Waals surface area contributed by atoms with Gasteiger partial charge in [-0.25, -0.2) is 17.9 Å². The number of hydrogen-bond donors (Lipinski definition) is 3. The molecule has 4 aromatic carbocycles. The molecule has 0 fully saturated rings. The molecule has 7 rings (SSSR count). The average Bonchev–Trinajstić information content (AvgIpc) is 3.42. The van der Waals surface area contributed by atoms with E-state index in [1.54, 1.807) is 12.1 Å². The summed E-state index contributed by atoms with van der Waals surface area (Å²) >= 11 is 3.59. The fraction of sp³-hybridized carbons (Fsp3) is 0.216. The molecule has 0 spiro atoms. The summed E-state index contributed by atoms with van der Waals surface area (Å²) in [5, 5.41) is 14.5. The quantitative estimate of drug-likeness (QED) is 0.134. The highest BCUT2D eigenvalue weighted by Gasteiger charge is 2.32. The maximum absolute atomic E-state index is 13.7. The Kier molecular flexibility index (Phi) is 8.31. The van der Waals surface area contributed by atoms with Crippen LogP contribution >= 0.6 is 15.9 Å². The fourth-order valence-corrected chi connectivity index (χ4v) is 8.24. The SMILES string of the molecule is O=c1oc2c(c(O)c1C(c1cccc(Br)c1)c1[nH]c3ccccc3c1CCCNS(=O)(=O)c1ccc3ccccc3c1)CCCC2. The van der Waals surface area contributed by atoms with E-state index in [0.717, 1.165) is 55.8 Å². The van der Waals surface area contributed by atoms with Crippen LogP contribution in [0.4, 0.5) is 0 Å². The summed E-state index contributed by atoms with van der Waals surface area (Å²) in [5.74, 6) is -0.0672. The molecule has 0 bridgehead atoms. The molecular weight excluding hydrogens is 664 g/mol. The number of hydrogen-bond acceptors (Lipinski definition) is 5. The summed E-state index contributed by atoms with van der Waals surface area (Å²) in [6, 6.07) is 28.4. The summed E-state index contributed by atoms with van der Waals surface area (Å²) < 4.78 is 35.9. The third kappa shape index (κ3) is 5.79. The zero-order valence-corrected chi connectivity index (χ0v) is 27.5. The molecule has 2 aromatic heterocycles. The van der Waals surface area contributed by atoms with E-state index in [-0.39, 0.29) is 22.8 Å². The van der Waals surface area contributed by atoms with Crippen molar-refractivity contribution in [3.05, 3.63) is 140 Å². The third-order valence-corrected chi connectivity index (χ3v) is 10.9. The van der Waals surface area contributed by atoms with Gasteiger partial charge in [0.25, 0.3) is 0 Å². The molecule has 0 radical (unpaired) electrons. The second-order valence-corrected chi connectivity index (χ2v) is 14.5. The summed E-state index contributed by atoms with van der Waals surface area (Å²) in [7, 11) is -3.72. The number of aromatic hydroxyl groups is 1. The number of aromatic nitrogens is 1. The second kappa shape index (κ2) is 12.5. The Morgan fingerprint density at radius 3 is 2.54 bits per heavy atom. The number of fused-ring (bicyclic) bond motifs is 3. The molecule has 1 atom stereocenters. The molecule has 6 aromatic rings. The van der Waals surface area contributed by atoms with Gasteiger partial charge < -0.3 is 14.5 Å². The molecule has 234 valence electrons. The van der Waals surface area contributed by atoms with Gasteiger partial charge in [-0.15, -0.1) is 0 Å². The molecule has 0 aliphatic heterocycles. The highest BCUT2D eigenvalue weighted by molar-refractivity contribution is 9.10.